The third-order valence-electron chi connectivity index (χ3n) is 3.92. The fourth-order valence-corrected chi connectivity index (χ4v) is 2.60. The van der Waals surface area contributed by atoms with Gasteiger partial charge in [0.1, 0.15) is 5.75 Å². The van der Waals surface area contributed by atoms with Crippen LogP contribution in [0.25, 0.3) is 0 Å². The molecule has 0 spiro atoms. The van der Waals surface area contributed by atoms with Crippen molar-refractivity contribution in [3.63, 3.8) is 0 Å². The van der Waals surface area contributed by atoms with Crippen molar-refractivity contribution in [2.24, 2.45) is 0 Å². The molecule has 0 amide bonds. The average molecular weight is 294 g/mol. The summed E-state index contributed by atoms with van der Waals surface area (Å²) >= 11 is 0. The Morgan fingerprint density at radius 1 is 1.24 bits per heavy atom. The highest BCUT2D eigenvalue weighted by molar-refractivity contribution is 5.26. The Balaban J connectivity index is 1.72. The van der Waals surface area contributed by atoms with E-state index < -0.39 is 0 Å². The van der Waals surface area contributed by atoms with Crippen LogP contribution in [0, 0.1) is 6.92 Å². The molecule has 1 aliphatic heterocycles. The van der Waals surface area contributed by atoms with Crippen molar-refractivity contribution in [1.82, 2.24) is 10.2 Å². The molecule has 0 aliphatic carbocycles. The number of hydrogen-bond donors (Lipinski definition) is 3. The van der Waals surface area contributed by atoms with Crippen LogP contribution in [0.5, 0.6) is 5.75 Å². The Labute approximate surface area is 126 Å². The van der Waals surface area contributed by atoms with Crippen LogP contribution in [-0.2, 0) is 0 Å². The molecule has 3 N–H and O–H groups in total. The molecule has 21 heavy (non-hydrogen) atoms. The van der Waals surface area contributed by atoms with Crippen LogP contribution in [0.2, 0.25) is 0 Å². The molecule has 2 rings (SSSR count). The molecule has 5 heteroatoms. The molecule has 0 aromatic heterocycles. The van der Waals surface area contributed by atoms with E-state index in [2.05, 4.69) is 17.1 Å². The summed E-state index contributed by atoms with van der Waals surface area (Å²) in [5.41, 5.74) is 1.23. The van der Waals surface area contributed by atoms with E-state index in [0.29, 0.717) is 6.61 Å². The average Bonchev–Trinajstić information content (AvgIpc) is 2.53. The number of ether oxygens (including phenoxy) is 1. The zero-order valence-corrected chi connectivity index (χ0v) is 12.7. The second-order valence-electron chi connectivity index (χ2n) is 5.63. The summed E-state index contributed by atoms with van der Waals surface area (Å²) in [5, 5.41) is 21.9. The molecule has 118 valence electrons. The van der Waals surface area contributed by atoms with Gasteiger partial charge in [0.15, 0.2) is 0 Å². The van der Waals surface area contributed by atoms with Crippen molar-refractivity contribution in [2.45, 2.75) is 25.4 Å². The van der Waals surface area contributed by atoms with Gasteiger partial charge in [0.2, 0.25) is 0 Å². The normalized spacial score (nSPS) is 23.2. The van der Waals surface area contributed by atoms with E-state index in [0.717, 1.165) is 31.8 Å². The van der Waals surface area contributed by atoms with Gasteiger partial charge >= 0.3 is 0 Å². The van der Waals surface area contributed by atoms with Crippen LogP contribution in [0.15, 0.2) is 24.3 Å². The molecule has 2 unspecified atom stereocenters. The third-order valence-corrected chi connectivity index (χ3v) is 3.92. The van der Waals surface area contributed by atoms with Crippen LogP contribution in [0.3, 0.4) is 0 Å². The van der Waals surface area contributed by atoms with Gasteiger partial charge in [-0.2, -0.15) is 0 Å². The van der Waals surface area contributed by atoms with Crippen molar-refractivity contribution < 1.29 is 14.9 Å². The number of nitrogens with one attached hydrogen (secondary N) is 1. The molecule has 0 radical (unpaired) electrons. The number of piperazine rings is 1. The van der Waals surface area contributed by atoms with Crippen LogP contribution < -0.4 is 10.1 Å². The van der Waals surface area contributed by atoms with Gasteiger partial charge < -0.3 is 20.3 Å². The van der Waals surface area contributed by atoms with Crippen LogP contribution in [0.4, 0.5) is 0 Å². The number of hydrogen-bond acceptors (Lipinski definition) is 5. The van der Waals surface area contributed by atoms with Gasteiger partial charge in [-0.05, 0) is 25.5 Å². The molecule has 1 saturated heterocycles. The minimum absolute atomic E-state index is 0.103. The van der Waals surface area contributed by atoms with E-state index in [1.54, 1.807) is 0 Å². The minimum atomic E-state index is 0.103. The highest BCUT2D eigenvalue weighted by Crippen LogP contribution is 2.12. The number of aryl methyl sites for hydroxylation is 1. The van der Waals surface area contributed by atoms with E-state index >= 15 is 0 Å². The lowest BCUT2D eigenvalue weighted by atomic mass is 10.1. The zero-order valence-electron chi connectivity index (χ0n) is 12.7. The van der Waals surface area contributed by atoms with Crippen LogP contribution in [0.1, 0.15) is 12.0 Å². The van der Waals surface area contributed by atoms with Crippen LogP contribution in [-0.4, -0.2) is 66.7 Å². The van der Waals surface area contributed by atoms with E-state index in [9.17, 15) is 10.2 Å². The molecule has 1 aromatic rings. The monoisotopic (exact) mass is 294 g/mol. The summed E-state index contributed by atoms with van der Waals surface area (Å²) in [6.07, 6.45) is 0.905. The van der Waals surface area contributed by atoms with Gasteiger partial charge in [0, 0.05) is 31.7 Å². The first kappa shape index (κ1) is 16.2. The minimum Gasteiger partial charge on any atom is -0.494 e. The van der Waals surface area contributed by atoms with Gasteiger partial charge in [0.25, 0.3) is 0 Å². The second kappa shape index (κ2) is 8.34. The zero-order chi connectivity index (χ0) is 15.1. The number of nitrogens with zero attached hydrogens (tertiary/aromatic N) is 1. The SMILES string of the molecule is Cc1ccc(OCCCN2CC(CO)NCC2CO)cc1. The Morgan fingerprint density at radius 3 is 2.67 bits per heavy atom. The number of aliphatic hydroxyl groups is 2. The Bertz CT molecular complexity index is 410. The van der Waals surface area contributed by atoms with E-state index in [1.807, 2.05) is 24.3 Å². The highest BCUT2D eigenvalue weighted by atomic mass is 16.5. The van der Waals surface area contributed by atoms with Gasteiger partial charge in [-0.15, -0.1) is 0 Å². The molecular weight excluding hydrogens is 268 g/mol. The van der Waals surface area contributed by atoms with E-state index in [4.69, 9.17) is 4.74 Å². The Hall–Kier alpha value is -1.14. The smallest absolute Gasteiger partial charge is 0.119 e. The van der Waals surface area contributed by atoms with Gasteiger partial charge in [-0.3, -0.25) is 4.90 Å². The number of aliphatic hydroxyl groups excluding tert-OH is 2. The quantitative estimate of drug-likeness (QED) is 0.635. The molecule has 1 aliphatic rings. The fourth-order valence-electron chi connectivity index (χ4n) is 2.60. The lowest BCUT2D eigenvalue weighted by molar-refractivity contribution is 0.0607. The van der Waals surface area contributed by atoms with Crippen molar-refractivity contribution in [3.8, 4) is 5.75 Å². The van der Waals surface area contributed by atoms with Gasteiger partial charge in [-0.1, -0.05) is 17.7 Å². The first-order valence-electron chi connectivity index (χ1n) is 7.61. The first-order valence-corrected chi connectivity index (χ1v) is 7.61. The lowest BCUT2D eigenvalue weighted by Gasteiger charge is -2.39. The molecular formula is C16H26N2O3. The predicted molar refractivity (Wildman–Crippen MR) is 82.6 cm³/mol. The summed E-state index contributed by atoms with van der Waals surface area (Å²) in [4.78, 5) is 2.23. The standard InChI is InChI=1S/C16H26N2O3/c1-13-3-5-16(6-4-13)21-8-2-7-18-10-14(11-19)17-9-15(18)12-20/h3-6,14-15,17,19-20H,2,7-12H2,1H3. The van der Waals surface area contributed by atoms with Gasteiger partial charge in [0.05, 0.1) is 19.8 Å². The maximum atomic E-state index is 9.41. The summed E-state index contributed by atoms with van der Waals surface area (Å²) in [6, 6.07) is 8.29. The largest absolute Gasteiger partial charge is 0.494 e. The maximum Gasteiger partial charge on any atom is 0.119 e. The van der Waals surface area contributed by atoms with Crippen molar-refractivity contribution in [2.75, 3.05) is 39.5 Å². The summed E-state index contributed by atoms with van der Waals surface area (Å²) in [5.74, 6) is 0.896. The van der Waals surface area contributed by atoms with E-state index in [-0.39, 0.29) is 25.3 Å². The third kappa shape index (κ3) is 4.97. The Kier molecular flexibility index (Phi) is 6.45. The van der Waals surface area contributed by atoms with Crippen molar-refractivity contribution in [3.05, 3.63) is 29.8 Å². The predicted octanol–water partition coefficient (Wildman–Crippen LogP) is 0.391. The molecule has 5 nitrogen and oxygen atoms in total. The lowest BCUT2D eigenvalue weighted by Crippen LogP contribution is -2.59. The summed E-state index contributed by atoms with van der Waals surface area (Å²) in [7, 11) is 0. The molecule has 0 bridgehead atoms. The van der Waals surface area contributed by atoms with Crippen molar-refractivity contribution in [1.29, 1.82) is 0 Å². The number of rotatable bonds is 7. The molecule has 1 fully saturated rings. The Morgan fingerprint density at radius 2 is 2.00 bits per heavy atom. The highest BCUT2D eigenvalue weighted by Gasteiger charge is 2.26. The summed E-state index contributed by atoms with van der Waals surface area (Å²) < 4.78 is 5.72. The number of benzene rings is 1. The molecule has 1 heterocycles. The molecule has 0 saturated carbocycles. The first-order chi connectivity index (χ1) is 10.2. The maximum absolute atomic E-state index is 9.41. The van der Waals surface area contributed by atoms with Gasteiger partial charge in [-0.25, -0.2) is 0 Å². The summed E-state index contributed by atoms with van der Waals surface area (Å²) in [6.45, 7) is 5.36. The topological polar surface area (TPSA) is 65.0 Å². The van der Waals surface area contributed by atoms with Crippen LogP contribution >= 0.6 is 0 Å². The second-order valence-corrected chi connectivity index (χ2v) is 5.63. The van der Waals surface area contributed by atoms with E-state index in [1.165, 1.54) is 5.56 Å². The molecule has 2 atom stereocenters. The molecule has 1 aromatic carbocycles. The van der Waals surface area contributed by atoms with Crippen molar-refractivity contribution >= 4 is 0 Å². The fraction of sp³-hybridized carbons (Fsp3) is 0.625.